The van der Waals surface area contributed by atoms with Crippen molar-refractivity contribution < 1.29 is 9.59 Å². The van der Waals surface area contributed by atoms with Crippen LogP contribution in [0.5, 0.6) is 0 Å². The Morgan fingerprint density at radius 2 is 1.85 bits per heavy atom. The zero-order valence-corrected chi connectivity index (χ0v) is 15.1. The van der Waals surface area contributed by atoms with Crippen molar-refractivity contribution in [1.29, 1.82) is 0 Å². The molecule has 2 N–H and O–H groups in total. The predicted molar refractivity (Wildman–Crippen MR) is 103 cm³/mol. The molecule has 1 saturated heterocycles. The summed E-state index contributed by atoms with van der Waals surface area (Å²) < 4.78 is 0. The predicted octanol–water partition coefficient (Wildman–Crippen LogP) is 3.09. The SMILES string of the molecule is O=C(CNC(=O)c1ccccc1Cl)Nc1ccc(N2CCCCC2)nc1. The van der Waals surface area contributed by atoms with E-state index in [1.807, 2.05) is 12.1 Å². The lowest BCUT2D eigenvalue weighted by molar-refractivity contribution is -0.115. The van der Waals surface area contributed by atoms with Gasteiger partial charge in [-0.05, 0) is 43.5 Å². The van der Waals surface area contributed by atoms with Gasteiger partial charge in [-0.1, -0.05) is 23.7 Å². The molecule has 1 fully saturated rings. The summed E-state index contributed by atoms with van der Waals surface area (Å²) in [6.07, 6.45) is 5.28. The van der Waals surface area contributed by atoms with Crippen LogP contribution < -0.4 is 15.5 Å². The van der Waals surface area contributed by atoms with Gasteiger partial charge in [-0.15, -0.1) is 0 Å². The Hall–Kier alpha value is -2.60. The van der Waals surface area contributed by atoms with Gasteiger partial charge in [-0.3, -0.25) is 9.59 Å². The van der Waals surface area contributed by atoms with E-state index >= 15 is 0 Å². The topological polar surface area (TPSA) is 74.3 Å². The van der Waals surface area contributed by atoms with Gasteiger partial charge in [0.05, 0.1) is 29.0 Å². The van der Waals surface area contributed by atoms with E-state index in [1.54, 1.807) is 30.5 Å². The number of aromatic nitrogens is 1. The highest BCUT2D eigenvalue weighted by Crippen LogP contribution is 2.19. The average Bonchev–Trinajstić information content (AvgIpc) is 2.68. The lowest BCUT2D eigenvalue weighted by Crippen LogP contribution is -2.33. The summed E-state index contributed by atoms with van der Waals surface area (Å²) in [5, 5.41) is 5.63. The van der Waals surface area contributed by atoms with Crippen LogP contribution in [0, 0.1) is 0 Å². The number of piperidine rings is 1. The van der Waals surface area contributed by atoms with Gasteiger partial charge in [0.25, 0.3) is 5.91 Å². The smallest absolute Gasteiger partial charge is 0.253 e. The second kappa shape index (κ2) is 8.67. The minimum absolute atomic E-state index is 0.141. The highest BCUT2D eigenvalue weighted by Gasteiger charge is 2.13. The molecule has 7 heteroatoms. The van der Waals surface area contributed by atoms with E-state index in [9.17, 15) is 9.59 Å². The molecule has 0 bridgehead atoms. The number of halogens is 1. The molecule has 1 aromatic heterocycles. The number of nitrogens with one attached hydrogen (secondary N) is 2. The van der Waals surface area contributed by atoms with Crippen molar-refractivity contribution in [1.82, 2.24) is 10.3 Å². The van der Waals surface area contributed by atoms with Crippen molar-refractivity contribution in [2.24, 2.45) is 0 Å². The Balaban J connectivity index is 1.50. The van der Waals surface area contributed by atoms with Gasteiger partial charge in [0.15, 0.2) is 0 Å². The summed E-state index contributed by atoms with van der Waals surface area (Å²) in [7, 11) is 0. The maximum atomic E-state index is 12.0. The van der Waals surface area contributed by atoms with Crippen LogP contribution in [0.25, 0.3) is 0 Å². The van der Waals surface area contributed by atoms with Crippen molar-refractivity contribution in [3.05, 3.63) is 53.2 Å². The summed E-state index contributed by atoms with van der Waals surface area (Å²) >= 11 is 5.97. The maximum Gasteiger partial charge on any atom is 0.253 e. The van der Waals surface area contributed by atoms with E-state index in [1.165, 1.54) is 19.3 Å². The quantitative estimate of drug-likeness (QED) is 0.845. The fourth-order valence-electron chi connectivity index (χ4n) is 2.88. The van der Waals surface area contributed by atoms with Crippen molar-refractivity contribution in [3.63, 3.8) is 0 Å². The van der Waals surface area contributed by atoms with Gasteiger partial charge < -0.3 is 15.5 Å². The Kier molecular flexibility index (Phi) is 6.07. The molecular weight excluding hydrogens is 352 g/mol. The number of pyridine rings is 1. The lowest BCUT2D eigenvalue weighted by atomic mass is 10.1. The number of rotatable bonds is 5. The van der Waals surface area contributed by atoms with E-state index < -0.39 is 0 Å². The first-order valence-corrected chi connectivity index (χ1v) is 9.05. The number of benzene rings is 1. The molecule has 3 rings (SSSR count). The third-order valence-corrected chi connectivity index (χ3v) is 4.57. The summed E-state index contributed by atoms with van der Waals surface area (Å²) in [6, 6.07) is 10.4. The molecule has 0 atom stereocenters. The Morgan fingerprint density at radius 1 is 1.08 bits per heavy atom. The van der Waals surface area contributed by atoms with Crippen LogP contribution in [0.3, 0.4) is 0 Å². The molecule has 0 aliphatic carbocycles. The van der Waals surface area contributed by atoms with Crippen molar-refractivity contribution in [2.45, 2.75) is 19.3 Å². The van der Waals surface area contributed by atoms with Gasteiger partial charge in [0.1, 0.15) is 5.82 Å². The van der Waals surface area contributed by atoms with Crippen LogP contribution >= 0.6 is 11.6 Å². The van der Waals surface area contributed by atoms with E-state index in [0.717, 1.165) is 18.9 Å². The number of carbonyl (C=O) groups excluding carboxylic acids is 2. The van der Waals surface area contributed by atoms with E-state index in [0.29, 0.717) is 16.3 Å². The summed E-state index contributed by atoms with van der Waals surface area (Å²) in [5.41, 5.74) is 0.942. The van der Waals surface area contributed by atoms with Crippen LogP contribution in [0.2, 0.25) is 5.02 Å². The summed E-state index contributed by atoms with van der Waals surface area (Å²) in [5.74, 6) is 0.219. The first kappa shape index (κ1) is 18.2. The van der Waals surface area contributed by atoms with Gasteiger partial charge in [-0.2, -0.15) is 0 Å². The van der Waals surface area contributed by atoms with Gasteiger partial charge in [-0.25, -0.2) is 4.98 Å². The molecule has 136 valence electrons. The van der Waals surface area contributed by atoms with Crippen molar-refractivity contribution >= 4 is 34.9 Å². The molecule has 2 heterocycles. The molecule has 1 aliphatic heterocycles. The lowest BCUT2D eigenvalue weighted by Gasteiger charge is -2.27. The van der Waals surface area contributed by atoms with Gasteiger partial charge >= 0.3 is 0 Å². The fraction of sp³-hybridized carbons (Fsp3) is 0.316. The number of hydrogen-bond acceptors (Lipinski definition) is 4. The minimum atomic E-state index is -0.385. The van der Waals surface area contributed by atoms with Crippen LogP contribution in [0.4, 0.5) is 11.5 Å². The Morgan fingerprint density at radius 3 is 2.54 bits per heavy atom. The second-order valence-corrected chi connectivity index (χ2v) is 6.57. The Labute approximate surface area is 157 Å². The molecule has 1 aromatic carbocycles. The number of amides is 2. The zero-order chi connectivity index (χ0) is 18.4. The number of anilines is 2. The third kappa shape index (κ3) is 4.73. The van der Waals surface area contributed by atoms with Gasteiger partial charge in [0, 0.05) is 13.1 Å². The summed E-state index contributed by atoms with van der Waals surface area (Å²) in [4.78, 5) is 30.7. The Bertz CT molecular complexity index is 773. The molecule has 2 aromatic rings. The molecule has 2 amide bonds. The first-order valence-electron chi connectivity index (χ1n) is 8.67. The monoisotopic (exact) mass is 372 g/mol. The van der Waals surface area contributed by atoms with Crippen molar-refractivity contribution in [2.75, 3.05) is 29.9 Å². The number of carbonyl (C=O) groups is 2. The normalized spacial score (nSPS) is 14.0. The second-order valence-electron chi connectivity index (χ2n) is 6.16. The zero-order valence-electron chi connectivity index (χ0n) is 14.4. The molecule has 0 spiro atoms. The molecule has 0 saturated carbocycles. The van der Waals surface area contributed by atoms with E-state index in [2.05, 4.69) is 20.5 Å². The van der Waals surface area contributed by atoms with Crippen molar-refractivity contribution in [3.8, 4) is 0 Å². The van der Waals surface area contributed by atoms with Crippen LogP contribution in [-0.2, 0) is 4.79 Å². The molecule has 0 unspecified atom stereocenters. The third-order valence-electron chi connectivity index (χ3n) is 4.24. The average molecular weight is 373 g/mol. The molecule has 1 aliphatic rings. The summed E-state index contributed by atoms with van der Waals surface area (Å²) in [6.45, 7) is 1.90. The van der Waals surface area contributed by atoms with E-state index in [4.69, 9.17) is 11.6 Å². The number of nitrogens with zero attached hydrogens (tertiary/aromatic N) is 2. The van der Waals surface area contributed by atoms with Gasteiger partial charge in [0.2, 0.25) is 5.91 Å². The van der Waals surface area contributed by atoms with Crippen LogP contribution in [0.1, 0.15) is 29.6 Å². The fourth-order valence-corrected chi connectivity index (χ4v) is 3.10. The van der Waals surface area contributed by atoms with E-state index in [-0.39, 0.29) is 18.4 Å². The first-order chi connectivity index (χ1) is 12.6. The molecular formula is C19H21ClN4O2. The molecule has 26 heavy (non-hydrogen) atoms. The maximum absolute atomic E-state index is 12.0. The molecule has 0 radical (unpaired) electrons. The minimum Gasteiger partial charge on any atom is -0.357 e. The highest BCUT2D eigenvalue weighted by molar-refractivity contribution is 6.33. The number of hydrogen-bond donors (Lipinski definition) is 2. The standard InChI is InChI=1S/C19H21ClN4O2/c20-16-7-3-2-6-15(16)19(26)22-13-18(25)23-14-8-9-17(21-12-14)24-10-4-1-5-11-24/h2-3,6-9,12H,1,4-5,10-11,13H2,(H,22,26)(H,23,25). The molecule has 6 nitrogen and oxygen atoms in total. The highest BCUT2D eigenvalue weighted by atomic mass is 35.5. The van der Waals surface area contributed by atoms with Crippen LogP contribution in [-0.4, -0.2) is 36.4 Å². The van der Waals surface area contributed by atoms with Crippen LogP contribution in [0.15, 0.2) is 42.6 Å². The largest absolute Gasteiger partial charge is 0.357 e.